The molecule has 3 aromatic rings. The average molecular weight is 456 g/mol. The number of hydrogen-bond acceptors (Lipinski definition) is 7. The number of piperazine rings is 1. The number of halogens is 1. The van der Waals surface area contributed by atoms with Gasteiger partial charge in [0.2, 0.25) is 5.91 Å². The average Bonchev–Trinajstić information content (AvgIpc) is 3.34. The predicted octanol–water partition coefficient (Wildman–Crippen LogP) is 2.73. The van der Waals surface area contributed by atoms with Crippen LogP contribution in [0.25, 0.3) is 6.08 Å². The van der Waals surface area contributed by atoms with E-state index in [1.807, 2.05) is 36.1 Å². The van der Waals surface area contributed by atoms with Crippen molar-refractivity contribution < 1.29 is 9.21 Å². The number of aryl methyl sites for hydroxylation is 2. The van der Waals surface area contributed by atoms with Crippen molar-refractivity contribution in [1.29, 1.82) is 0 Å². The highest BCUT2D eigenvalue weighted by Gasteiger charge is 2.26. The monoisotopic (exact) mass is 455 g/mol. The molecular formula is C22H26ClN7O2. The van der Waals surface area contributed by atoms with Crippen LogP contribution >= 0.6 is 11.6 Å². The molecule has 4 rings (SSSR count). The fourth-order valence-corrected chi connectivity index (χ4v) is 4.08. The molecule has 1 aliphatic rings. The first kappa shape index (κ1) is 22.2. The molecule has 3 heterocycles. The summed E-state index contributed by atoms with van der Waals surface area (Å²) in [5.74, 6) is 1.26. The van der Waals surface area contributed by atoms with E-state index in [4.69, 9.17) is 16.0 Å². The Hall–Kier alpha value is -3.04. The second-order valence-corrected chi connectivity index (χ2v) is 8.45. The quantitative estimate of drug-likeness (QED) is 0.527. The van der Waals surface area contributed by atoms with Crippen LogP contribution in [0.3, 0.4) is 0 Å². The molecule has 10 heteroatoms. The number of oxazole rings is 1. The molecule has 1 atom stereocenters. The Bertz CT molecular complexity index is 1120. The summed E-state index contributed by atoms with van der Waals surface area (Å²) in [6, 6.07) is 5.66. The van der Waals surface area contributed by atoms with Gasteiger partial charge in [-0.1, -0.05) is 17.7 Å². The van der Waals surface area contributed by atoms with E-state index >= 15 is 0 Å². The summed E-state index contributed by atoms with van der Waals surface area (Å²) in [6.45, 7) is 9.08. The smallest absolute Gasteiger partial charge is 0.246 e. The lowest BCUT2D eigenvalue weighted by molar-refractivity contribution is -0.130. The second kappa shape index (κ2) is 9.62. The first-order chi connectivity index (χ1) is 15.4. The third-order valence-corrected chi connectivity index (χ3v) is 5.66. The highest BCUT2D eigenvalue weighted by Crippen LogP contribution is 2.19. The van der Waals surface area contributed by atoms with Crippen LogP contribution in [0, 0.1) is 13.8 Å². The van der Waals surface area contributed by atoms with Gasteiger partial charge in [0.25, 0.3) is 0 Å². The summed E-state index contributed by atoms with van der Waals surface area (Å²) in [7, 11) is 0. The van der Waals surface area contributed by atoms with Gasteiger partial charge in [-0.05, 0) is 48.4 Å². The van der Waals surface area contributed by atoms with Gasteiger partial charge in [-0.25, -0.2) is 4.98 Å². The zero-order chi connectivity index (χ0) is 22.7. The summed E-state index contributed by atoms with van der Waals surface area (Å²) in [4.78, 5) is 23.0. The maximum atomic E-state index is 12.9. The molecule has 9 nitrogen and oxygen atoms in total. The highest BCUT2D eigenvalue weighted by atomic mass is 35.5. The molecule has 168 valence electrons. The van der Waals surface area contributed by atoms with Crippen LogP contribution in [0.5, 0.6) is 0 Å². The fraction of sp³-hybridized carbons (Fsp3) is 0.409. The van der Waals surface area contributed by atoms with E-state index in [-0.39, 0.29) is 11.9 Å². The number of amides is 1. The minimum atomic E-state index is -0.00921. The topological polar surface area (TPSA) is 93.2 Å². The van der Waals surface area contributed by atoms with Crippen LogP contribution in [0.4, 0.5) is 0 Å². The zero-order valence-corrected chi connectivity index (χ0v) is 19.2. The molecule has 0 radical (unpaired) electrons. The van der Waals surface area contributed by atoms with Gasteiger partial charge in [-0.15, -0.1) is 10.2 Å². The molecular weight excluding hydrogens is 430 g/mol. The standard InChI is InChI=1S/C22H26ClN7O2/c1-15-11-28(13-21-14-32-17(3)24-21)8-9-29(15)22(31)7-5-18-4-6-20(23)10-19(18)12-30-26-16(2)25-27-30/h4-7,10,14-15H,8-9,11-13H2,1-3H3/t15-/m1/s1. The lowest BCUT2D eigenvalue weighted by Gasteiger charge is -2.39. The first-order valence-electron chi connectivity index (χ1n) is 10.5. The second-order valence-electron chi connectivity index (χ2n) is 8.02. The van der Waals surface area contributed by atoms with Crippen molar-refractivity contribution >= 4 is 23.6 Å². The summed E-state index contributed by atoms with van der Waals surface area (Å²) < 4.78 is 5.29. The van der Waals surface area contributed by atoms with Crippen molar-refractivity contribution in [3.63, 3.8) is 0 Å². The number of benzene rings is 1. The van der Waals surface area contributed by atoms with Crippen LogP contribution in [0.1, 0.15) is 35.5 Å². The molecule has 1 saturated heterocycles. The largest absolute Gasteiger partial charge is 0.449 e. The Morgan fingerprint density at radius 2 is 2.12 bits per heavy atom. The molecule has 2 aromatic heterocycles. The Balaban J connectivity index is 1.40. The van der Waals surface area contributed by atoms with Crippen molar-refractivity contribution in [2.75, 3.05) is 19.6 Å². The first-order valence-corrected chi connectivity index (χ1v) is 10.9. The molecule has 1 amide bonds. The Kier molecular flexibility index (Phi) is 6.66. The molecule has 0 saturated carbocycles. The van der Waals surface area contributed by atoms with Crippen molar-refractivity contribution in [3.05, 3.63) is 64.1 Å². The van der Waals surface area contributed by atoms with E-state index in [1.54, 1.807) is 19.3 Å². The number of nitrogens with zero attached hydrogens (tertiary/aromatic N) is 7. The van der Waals surface area contributed by atoms with Gasteiger partial charge < -0.3 is 9.32 Å². The Morgan fingerprint density at radius 1 is 1.28 bits per heavy atom. The lowest BCUT2D eigenvalue weighted by atomic mass is 10.1. The molecule has 0 aliphatic carbocycles. The molecule has 1 aliphatic heterocycles. The van der Waals surface area contributed by atoms with Gasteiger partial charge in [-0.2, -0.15) is 4.80 Å². The molecule has 0 spiro atoms. The third-order valence-electron chi connectivity index (χ3n) is 5.42. The zero-order valence-electron chi connectivity index (χ0n) is 18.4. The summed E-state index contributed by atoms with van der Waals surface area (Å²) in [6.07, 6.45) is 5.15. The minimum Gasteiger partial charge on any atom is -0.449 e. The predicted molar refractivity (Wildman–Crippen MR) is 120 cm³/mol. The third kappa shape index (κ3) is 5.41. The summed E-state index contributed by atoms with van der Waals surface area (Å²) in [5, 5.41) is 12.8. The van der Waals surface area contributed by atoms with Gasteiger partial charge in [-0.3, -0.25) is 9.69 Å². The van der Waals surface area contributed by atoms with Gasteiger partial charge in [0.15, 0.2) is 11.7 Å². The van der Waals surface area contributed by atoms with Crippen molar-refractivity contribution in [2.24, 2.45) is 0 Å². The number of carbonyl (C=O) groups is 1. The molecule has 0 N–H and O–H groups in total. The highest BCUT2D eigenvalue weighted by molar-refractivity contribution is 6.30. The van der Waals surface area contributed by atoms with Crippen LogP contribution in [0.2, 0.25) is 5.02 Å². The van der Waals surface area contributed by atoms with Crippen LogP contribution in [-0.4, -0.2) is 66.6 Å². The van der Waals surface area contributed by atoms with Gasteiger partial charge in [0, 0.05) is 50.2 Å². The number of rotatable bonds is 6. The van der Waals surface area contributed by atoms with Crippen molar-refractivity contribution in [3.8, 4) is 0 Å². The van der Waals surface area contributed by atoms with E-state index in [1.165, 1.54) is 4.80 Å². The van der Waals surface area contributed by atoms with Gasteiger partial charge in [0.1, 0.15) is 6.26 Å². The van der Waals surface area contributed by atoms with E-state index in [0.29, 0.717) is 29.8 Å². The van der Waals surface area contributed by atoms with Crippen LogP contribution in [0.15, 0.2) is 35.0 Å². The summed E-state index contributed by atoms with van der Waals surface area (Å²) >= 11 is 6.18. The number of tetrazole rings is 1. The van der Waals surface area contributed by atoms with Crippen molar-refractivity contribution in [1.82, 2.24) is 35.0 Å². The maximum absolute atomic E-state index is 12.9. The molecule has 32 heavy (non-hydrogen) atoms. The van der Waals surface area contributed by atoms with E-state index in [0.717, 1.165) is 36.5 Å². The molecule has 1 aromatic carbocycles. The molecule has 0 bridgehead atoms. The van der Waals surface area contributed by atoms with E-state index in [2.05, 4.69) is 32.2 Å². The number of aromatic nitrogens is 5. The minimum absolute atomic E-state index is 0.00921. The normalized spacial score (nSPS) is 17.4. The Labute approximate surface area is 191 Å². The van der Waals surface area contributed by atoms with Crippen molar-refractivity contribution in [2.45, 2.75) is 39.9 Å². The summed E-state index contributed by atoms with van der Waals surface area (Å²) in [5.41, 5.74) is 2.73. The van der Waals surface area contributed by atoms with E-state index in [9.17, 15) is 4.79 Å². The Morgan fingerprint density at radius 3 is 2.81 bits per heavy atom. The van der Waals surface area contributed by atoms with E-state index < -0.39 is 0 Å². The maximum Gasteiger partial charge on any atom is 0.246 e. The number of carbonyl (C=O) groups excluding carboxylic acids is 1. The lowest BCUT2D eigenvalue weighted by Crippen LogP contribution is -2.53. The van der Waals surface area contributed by atoms with Gasteiger partial charge in [0.05, 0.1) is 12.2 Å². The number of hydrogen-bond donors (Lipinski definition) is 0. The van der Waals surface area contributed by atoms with Gasteiger partial charge >= 0.3 is 0 Å². The van der Waals surface area contributed by atoms with Crippen LogP contribution in [-0.2, 0) is 17.9 Å². The molecule has 1 fully saturated rings. The van der Waals surface area contributed by atoms with Crippen LogP contribution < -0.4 is 0 Å². The molecule has 0 unspecified atom stereocenters. The SMILES string of the molecule is Cc1nnn(Cc2cc(Cl)ccc2C=CC(=O)N2CCN(Cc3coc(C)n3)C[C@H]2C)n1. The fourth-order valence-electron chi connectivity index (χ4n) is 3.89.